The predicted octanol–water partition coefficient (Wildman–Crippen LogP) is 2.72. The molecule has 1 atom stereocenters. The van der Waals surface area contributed by atoms with Crippen LogP contribution in [-0.2, 0) is 4.74 Å². The monoisotopic (exact) mass is 319 g/mol. The zero-order valence-corrected chi connectivity index (χ0v) is 14.5. The second kappa shape index (κ2) is 8.77. The van der Waals surface area contributed by atoms with Gasteiger partial charge in [-0.25, -0.2) is 4.79 Å². The van der Waals surface area contributed by atoms with Crippen LogP contribution >= 0.6 is 0 Å². The van der Waals surface area contributed by atoms with Crippen molar-refractivity contribution in [2.24, 2.45) is 0 Å². The highest BCUT2D eigenvalue weighted by Crippen LogP contribution is 2.21. The lowest BCUT2D eigenvalue weighted by atomic mass is 10.0. The maximum Gasteiger partial charge on any atom is 0.317 e. The number of nitrogens with zero attached hydrogens (tertiary/aromatic N) is 2. The number of amides is 2. The van der Waals surface area contributed by atoms with Crippen molar-refractivity contribution in [3.05, 3.63) is 30.3 Å². The second-order valence-corrected chi connectivity index (χ2v) is 6.30. The number of rotatable bonds is 6. The summed E-state index contributed by atoms with van der Waals surface area (Å²) in [6.07, 6.45) is 2.85. The summed E-state index contributed by atoms with van der Waals surface area (Å²) in [5.74, 6) is 0. The number of carbonyl (C=O) groups excluding carboxylic acids is 1. The van der Waals surface area contributed by atoms with E-state index in [4.69, 9.17) is 4.74 Å². The summed E-state index contributed by atoms with van der Waals surface area (Å²) in [6, 6.07) is 11.1. The third-order valence-corrected chi connectivity index (χ3v) is 4.59. The van der Waals surface area contributed by atoms with Crippen molar-refractivity contribution in [3.8, 4) is 0 Å². The summed E-state index contributed by atoms with van der Waals surface area (Å²) in [7, 11) is 3.82. The van der Waals surface area contributed by atoms with E-state index in [9.17, 15) is 4.79 Å². The summed E-state index contributed by atoms with van der Waals surface area (Å²) in [4.78, 5) is 16.5. The van der Waals surface area contributed by atoms with Crippen molar-refractivity contribution >= 4 is 11.7 Å². The fraction of sp³-hybridized carbons (Fsp3) is 0.611. The highest BCUT2D eigenvalue weighted by molar-refractivity contribution is 5.74. The number of likely N-dealkylation sites (tertiary alicyclic amines) is 1. The number of methoxy groups -OCH3 is 1. The van der Waals surface area contributed by atoms with Gasteiger partial charge >= 0.3 is 6.03 Å². The largest absolute Gasteiger partial charge is 0.385 e. The van der Waals surface area contributed by atoms with Crippen molar-refractivity contribution in [3.63, 3.8) is 0 Å². The third-order valence-electron chi connectivity index (χ3n) is 4.59. The van der Waals surface area contributed by atoms with Crippen LogP contribution in [0.5, 0.6) is 0 Å². The standard InChI is InChI=1S/C18H29N3O2/c1-15(11-14-23-3)19-18(22)21-12-9-17(10-13-21)20(2)16-7-5-4-6-8-16/h4-8,15,17H,9-14H2,1-3H3,(H,19,22). The van der Waals surface area contributed by atoms with Crippen LogP contribution in [0.2, 0.25) is 0 Å². The molecule has 128 valence electrons. The summed E-state index contributed by atoms with van der Waals surface area (Å²) >= 11 is 0. The van der Waals surface area contributed by atoms with Crippen LogP contribution in [0.3, 0.4) is 0 Å². The molecule has 5 nitrogen and oxygen atoms in total. The van der Waals surface area contributed by atoms with E-state index in [1.807, 2.05) is 17.9 Å². The lowest BCUT2D eigenvalue weighted by Gasteiger charge is -2.38. The van der Waals surface area contributed by atoms with E-state index in [0.717, 1.165) is 32.4 Å². The molecule has 0 aliphatic carbocycles. The molecule has 23 heavy (non-hydrogen) atoms. The van der Waals surface area contributed by atoms with Gasteiger partial charge in [-0.05, 0) is 38.3 Å². The van der Waals surface area contributed by atoms with E-state index in [2.05, 4.69) is 41.5 Å². The highest BCUT2D eigenvalue weighted by Gasteiger charge is 2.25. The lowest BCUT2D eigenvalue weighted by Crippen LogP contribution is -2.50. The average Bonchev–Trinajstić information content (AvgIpc) is 2.60. The Morgan fingerprint density at radius 1 is 1.35 bits per heavy atom. The van der Waals surface area contributed by atoms with E-state index in [0.29, 0.717) is 12.6 Å². The summed E-state index contributed by atoms with van der Waals surface area (Å²) in [6.45, 7) is 4.31. The zero-order chi connectivity index (χ0) is 16.7. The molecule has 1 heterocycles. The molecule has 1 fully saturated rings. The van der Waals surface area contributed by atoms with Crippen molar-refractivity contribution < 1.29 is 9.53 Å². The fourth-order valence-electron chi connectivity index (χ4n) is 3.00. The molecule has 0 saturated carbocycles. The molecule has 1 unspecified atom stereocenters. The van der Waals surface area contributed by atoms with E-state index in [-0.39, 0.29) is 12.1 Å². The Kier molecular flexibility index (Phi) is 6.71. The first-order valence-corrected chi connectivity index (χ1v) is 8.44. The van der Waals surface area contributed by atoms with Crippen molar-refractivity contribution in [1.82, 2.24) is 10.2 Å². The Bertz CT molecular complexity index is 472. The Balaban J connectivity index is 1.78. The first-order valence-electron chi connectivity index (χ1n) is 8.44. The molecule has 1 aliphatic heterocycles. The Morgan fingerprint density at radius 3 is 2.61 bits per heavy atom. The number of benzene rings is 1. The Hall–Kier alpha value is -1.75. The van der Waals surface area contributed by atoms with Gasteiger partial charge in [-0.3, -0.25) is 0 Å². The lowest BCUT2D eigenvalue weighted by molar-refractivity contribution is 0.166. The van der Waals surface area contributed by atoms with Gasteiger partial charge in [0.25, 0.3) is 0 Å². The molecule has 1 aromatic rings. The van der Waals surface area contributed by atoms with Gasteiger partial charge in [-0.2, -0.15) is 0 Å². The number of ether oxygens (including phenoxy) is 1. The van der Waals surface area contributed by atoms with Gasteiger partial charge in [0.2, 0.25) is 0 Å². The average molecular weight is 319 g/mol. The molecule has 2 rings (SSSR count). The number of hydrogen-bond acceptors (Lipinski definition) is 3. The molecule has 2 amide bonds. The van der Waals surface area contributed by atoms with Crippen LogP contribution < -0.4 is 10.2 Å². The van der Waals surface area contributed by atoms with Crippen LogP contribution in [0.25, 0.3) is 0 Å². The molecule has 0 radical (unpaired) electrons. The molecule has 0 spiro atoms. The molecule has 1 aliphatic rings. The van der Waals surface area contributed by atoms with E-state index in [1.165, 1.54) is 5.69 Å². The molecule has 1 N–H and O–H groups in total. The number of hydrogen-bond donors (Lipinski definition) is 1. The summed E-state index contributed by atoms with van der Waals surface area (Å²) in [5.41, 5.74) is 1.24. The maximum absolute atomic E-state index is 12.3. The van der Waals surface area contributed by atoms with E-state index < -0.39 is 0 Å². The molecule has 0 aromatic heterocycles. The van der Waals surface area contributed by atoms with Gasteiger partial charge in [0, 0.05) is 51.6 Å². The molecule has 0 bridgehead atoms. The van der Waals surface area contributed by atoms with Crippen LogP contribution in [0.15, 0.2) is 30.3 Å². The van der Waals surface area contributed by atoms with Crippen molar-refractivity contribution in [2.75, 3.05) is 38.8 Å². The predicted molar refractivity (Wildman–Crippen MR) is 93.9 cm³/mol. The normalized spacial score (nSPS) is 16.9. The second-order valence-electron chi connectivity index (χ2n) is 6.30. The number of nitrogens with one attached hydrogen (secondary N) is 1. The van der Waals surface area contributed by atoms with E-state index in [1.54, 1.807) is 7.11 Å². The fourth-order valence-corrected chi connectivity index (χ4v) is 3.00. The third kappa shape index (κ3) is 5.13. The van der Waals surface area contributed by atoms with Gasteiger partial charge in [0.05, 0.1) is 0 Å². The number of anilines is 1. The van der Waals surface area contributed by atoms with Crippen LogP contribution in [0.4, 0.5) is 10.5 Å². The van der Waals surface area contributed by atoms with Gasteiger partial charge in [0.15, 0.2) is 0 Å². The van der Waals surface area contributed by atoms with Crippen LogP contribution in [0.1, 0.15) is 26.2 Å². The van der Waals surface area contributed by atoms with Crippen LogP contribution in [-0.4, -0.2) is 56.9 Å². The number of carbonyl (C=O) groups is 1. The SMILES string of the molecule is COCCC(C)NC(=O)N1CCC(N(C)c2ccccc2)CC1. The Labute approximate surface area is 139 Å². The smallest absolute Gasteiger partial charge is 0.317 e. The van der Waals surface area contributed by atoms with Crippen molar-refractivity contribution in [2.45, 2.75) is 38.3 Å². The quantitative estimate of drug-likeness (QED) is 0.877. The van der Waals surface area contributed by atoms with E-state index >= 15 is 0 Å². The molecule has 5 heteroatoms. The van der Waals surface area contributed by atoms with Gasteiger partial charge in [-0.15, -0.1) is 0 Å². The van der Waals surface area contributed by atoms with Crippen LogP contribution in [0, 0.1) is 0 Å². The zero-order valence-electron chi connectivity index (χ0n) is 14.5. The molecular formula is C18H29N3O2. The number of para-hydroxylation sites is 1. The molecular weight excluding hydrogens is 290 g/mol. The first kappa shape index (κ1) is 17.6. The minimum Gasteiger partial charge on any atom is -0.385 e. The van der Waals surface area contributed by atoms with Crippen molar-refractivity contribution in [1.29, 1.82) is 0 Å². The molecule has 1 aromatic carbocycles. The molecule has 1 saturated heterocycles. The highest BCUT2D eigenvalue weighted by atomic mass is 16.5. The number of piperidine rings is 1. The first-order chi connectivity index (χ1) is 11.1. The Morgan fingerprint density at radius 2 is 2.00 bits per heavy atom. The maximum atomic E-state index is 12.3. The minimum absolute atomic E-state index is 0.0504. The summed E-state index contributed by atoms with van der Waals surface area (Å²) in [5, 5.41) is 3.05. The van der Waals surface area contributed by atoms with Gasteiger partial charge < -0.3 is 19.9 Å². The minimum atomic E-state index is 0.0504. The van der Waals surface area contributed by atoms with Gasteiger partial charge in [-0.1, -0.05) is 18.2 Å². The number of urea groups is 1. The topological polar surface area (TPSA) is 44.8 Å². The summed E-state index contributed by atoms with van der Waals surface area (Å²) < 4.78 is 5.05. The van der Waals surface area contributed by atoms with Gasteiger partial charge in [0.1, 0.15) is 0 Å².